The van der Waals surface area contributed by atoms with E-state index in [-0.39, 0.29) is 20.7 Å². The van der Waals surface area contributed by atoms with E-state index in [1.54, 1.807) is 24.3 Å². The lowest BCUT2D eigenvalue weighted by atomic mass is 10.2. The fourth-order valence-corrected chi connectivity index (χ4v) is 3.96. The van der Waals surface area contributed by atoms with Crippen molar-refractivity contribution in [2.75, 3.05) is 7.11 Å². The molecule has 0 aliphatic heterocycles. The summed E-state index contributed by atoms with van der Waals surface area (Å²) in [7, 11) is 1.51. The number of thiazole rings is 1. The maximum Gasteiger partial charge on any atom is 0.276 e. The van der Waals surface area contributed by atoms with Gasteiger partial charge in [-0.05, 0) is 36.4 Å². The van der Waals surface area contributed by atoms with Crippen molar-refractivity contribution in [3.05, 3.63) is 72.7 Å². The summed E-state index contributed by atoms with van der Waals surface area (Å²) in [6.45, 7) is 0. The van der Waals surface area contributed by atoms with E-state index >= 15 is 0 Å². The van der Waals surface area contributed by atoms with Crippen molar-refractivity contribution in [2.24, 2.45) is 0 Å². The second-order valence-electron chi connectivity index (χ2n) is 5.54. The Morgan fingerprint density at radius 2 is 2.04 bits per heavy atom. The maximum absolute atomic E-state index is 14.1. The van der Waals surface area contributed by atoms with Crippen LogP contribution in [0.15, 0.2) is 41.2 Å². The number of rotatable bonds is 3. The standard InChI is InChI=1S/C18H10Cl2FN3O2S/c1-26-14-6-5-9(19)7-11(14)16-22-23-18-24(16)17(25)15(27-18)8-10-12(20)3-2-4-13(10)21/h2-8H,1H3/b15-8-. The topological polar surface area (TPSA) is 56.5 Å². The first-order valence-electron chi connectivity index (χ1n) is 7.67. The minimum Gasteiger partial charge on any atom is -0.496 e. The Morgan fingerprint density at radius 3 is 2.78 bits per heavy atom. The average Bonchev–Trinajstić information content (AvgIpc) is 3.19. The van der Waals surface area contributed by atoms with E-state index in [2.05, 4.69) is 10.2 Å². The fraction of sp³-hybridized carbons (Fsp3) is 0.0556. The summed E-state index contributed by atoms with van der Waals surface area (Å²) in [5.74, 6) is 0.287. The molecule has 0 aliphatic rings. The quantitative estimate of drug-likeness (QED) is 0.504. The van der Waals surface area contributed by atoms with E-state index in [1.165, 1.54) is 29.7 Å². The number of methoxy groups -OCH3 is 1. The Balaban J connectivity index is 1.98. The van der Waals surface area contributed by atoms with Crippen molar-refractivity contribution in [2.45, 2.75) is 0 Å². The van der Waals surface area contributed by atoms with Crippen LogP contribution in [0.4, 0.5) is 4.39 Å². The number of ether oxygens (including phenoxy) is 1. The van der Waals surface area contributed by atoms with Gasteiger partial charge in [0.15, 0.2) is 5.82 Å². The van der Waals surface area contributed by atoms with Gasteiger partial charge in [0.05, 0.1) is 22.2 Å². The van der Waals surface area contributed by atoms with Crippen LogP contribution in [0.25, 0.3) is 22.4 Å². The molecule has 0 unspecified atom stereocenters. The Morgan fingerprint density at radius 1 is 1.22 bits per heavy atom. The van der Waals surface area contributed by atoms with Crippen LogP contribution in [0.1, 0.15) is 5.56 Å². The SMILES string of the molecule is COc1ccc(Cl)cc1-c1nnc2s/c(=C\c3c(F)cccc3Cl)c(=O)n12. The van der Waals surface area contributed by atoms with Crippen molar-refractivity contribution in [1.82, 2.24) is 14.6 Å². The minimum atomic E-state index is -0.511. The third-order valence-electron chi connectivity index (χ3n) is 3.93. The zero-order valence-electron chi connectivity index (χ0n) is 13.7. The number of nitrogens with zero attached hydrogens (tertiary/aromatic N) is 3. The first-order chi connectivity index (χ1) is 13.0. The zero-order valence-corrected chi connectivity index (χ0v) is 16.1. The molecule has 2 aromatic heterocycles. The molecular weight excluding hydrogens is 412 g/mol. The van der Waals surface area contributed by atoms with Gasteiger partial charge in [-0.25, -0.2) is 8.79 Å². The molecule has 0 saturated carbocycles. The predicted octanol–water partition coefficient (Wildman–Crippen LogP) is 3.82. The lowest BCUT2D eigenvalue weighted by molar-refractivity contribution is 0.416. The van der Waals surface area contributed by atoms with Gasteiger partial charge in [-0.3, -0.25) is 4.79 Å². The molecule has 2 aromatic carbocycles. The van der Waals surface area contributed by atoms with Gasteiger partial charge in [0, 0.05) is 10.6 Å². The summed E-state index contributed by atoms with van der Waals surface area (Å²) in [5.41, 5.74) is 0.301. The van der Waals surface area contributed by atoms with E-state index in [1.807, 2.05) is 0 Å². The van der Waals surface area contributed by atoms with Crippen LogP contribution in [-0.4, -0.2) is 21.7 Å². The lowest BCUT2D eigenvalue weighted by Crippen LogP contribution is -2.23. The molecule has 0 fully saturated rings. The Bertz CT molecular complexity index is 1270. The molecule has 4 rings (SSSR count). The number of aromatic nitrogens is 3. The molecule has 4 aromatic rings. The molecule has 0 saturated heterocycles. The maximum atomic E-state index is 14.1. The minimum absolute atomic E-state index is 0.149. The molecule has 0 spiro atoms. The third-order valence-corrected chi connectivity index (χ3v) is 5.45. The molecule has 0 amide bonds. The van der Waals surface area contributed by atoms with Crippen LogP contribution in [0.5, 0.6) is 5.75 Å². The number of fused-ring (bicyclic) bond motifs is 1. The summed E-state index contributed by atoms with van der Waals surface area (Å²) >= 11 is 13.2. The van der Waals surface area contributed by atoms with E-state index in [4.69, 9.17) is 27.9 Å². The Kier molecular flexibility index (Phi) is 4.59. The van der Waals surface area contributed by atoms with E-state index in [0.717, 1.165) is 11.3 Å². The first kappa shape index (κ1) is 17.9. The summed E-state index contributed by atoms with van der Waals surface area (Å²) in [6.07, 6.45) is 1.42. The highest BCUT2D eigenvalue weighted by molar-refractivity contribution is 7.15. The highest BCUT2D eigenvalue weighted by Gasteiger charge is 2.18. The van der Waals surface area contributed by atoms with Crippen LogP contribution < -0.4 is 14.8 Å². The average molecular weight is 422 g/mol. The number of hydrogen-bond acceptors (Lipinski definition) is 5. The molecule has 136 valence electrons. The van der Waals surface area contributed by atoms with Crippen LogP contribution in [0, 0.1) is 5.82 Å². The first-order valence-corrected chi connectivity index (χ1v) is 9.24. The molecule has 9 heteroatoms. The van der Waals surface area contributed by atoms with Crippen LogP contribution in [0.3, 0.4) is 0 Å². The second kappa shape index (κ2) is 6.92. The molecular formula is C18H10Cl2FN3O2S. The summed E-state index contributed by atoms with van der Waals surface area (Å²) in [5, 5.41) is 8.83. The van der Waals surface area contributed by atoms with Gasteiger partial charge in [-0.15, -0.1) is 10.2 Å². The fourth-order valence-electron chi connectivity index (χ4n) is 2.67. The number of hydrogen-bond donors (Lipinski definition) is 0. The number of halogens is 3. The van der Waals surface area contributed by atoms with Gasteiger partial charge in [0.25, 0.3) is 5.56 Å². The second-order valence-corrected chi connectivity index (χ2v) is 7.39. The van der Waals surface area contributed by atoms with E-state index < -0.39 is 5.82 Å². The lowest BCUT2D eigenvalue weighted by Gasteiger charge is -2.06. The van der Waals surface area contributed by atoms with E-state index in [9.17, 15) is 9.18 Å². The monoisotopic (exact) mass is 421 g/mol. The zero-order chi connectivity index (χ0) is 19.1. The van der Waals surface area contributed by atoms with Crippen molar-refractivity contribution in [1.29, 1.82) is 0 Å². The highest BCUT2D eigenvalue weighted by Crippen LogP contribution is 2.31. The van der Waals surface area contributed by atoms with Crippen molar-refractivity contribution < 1.29 is 9.13 Å². The van der Waals surface area contributed by atoms with Gasteiger partial charge >= 0.3 is 0 Å². The summed E-state index contributed by atoms with van der Waals surface area (Å²) < 4.78 is 21.0. The van der Waals surface area contributed by atoms with Gasteiger partial charge in [0.2, 0.25) is 4.96 Å². The summed E-state index contributed by atoms with van der Waals surface area (Å²) in [4.78, 5) is 13.3. The van der Waals surface area contributed by atoms with Crippen LogP contribution in [-0.2, 0) is 0 Å². The number of benzene rings is 2. The normalized spacial score (nSPS) is 12.1. The summed E-state index contributed by atoms with van der Waals surface area (Å²) in [6, 6.07) is 9.34. The van der Waals surface area contributed by atoms with Gasteiger partial charge < -0.3 is 4.74 Å². The van der Waals surface area contributed by atoms with Gasteiger partial charge in [0.1, 0.15) is 11.6 Å². The molecule has 0 N–H and O–H groups in total. The molecule has 5 nitrogen and oxygen atoms in total. The molecule has 0 atom stereocenters. The van der Waals surface area contributed by atoms with Crippen molar-refractivity contribution >= 4 is 45.6 Å². The highest BCUT2D eigenvalue weighted by atomic mass is 35.5. The Hall–Kier alpha value is -2.48. The largest absolute Gasteiger partial charge is 0.496 e. The predicted molar refractivity (Wildman–Crippen MR) is 104 cm³/mol. The van der Waals surface area contributed by atoms with Crippen molar-refractivity contribution in [3.8, 4) is 17.1 Å². The third kappa shape index (κ3) is 3.07. The van der Waals surface area contributed by atoms with Gasteiger partial charge in [-0.2, -0.15) is 0 Å². The molecule has 2 heterocycles. The molecule has 0 aliphatic carbocycles. The van der Waals surface area contributed by atoms with E-state index in [0.29, 0.717) is 27.1 Å². The smallest absolute Gasteiger partial charge is 0.276 e. The van der Waals surface area contributed by atoms with Crippen LogP contribution in [0.2, 0.25) is 10.0 Å². The molecule has 0 radical (unpaired) electrons. The van der Waals surface area contributed by atoms with Crippen LogP contribution >= 0.6 is 34.5 Å². The Labute approximate surface area is 166 Å². The van der Waals surface area contributed by atoms with Crippen molar-refractivity contribution in [3.63, 3.8) is 0 Å². The van der Waals surface area contributed by atoms with Gasteiger partial charge in [-0.1, -0.05) is 40.6 Å². The molecule has 27 heavy (non-hydrogen) atoms. The molecule has 0 bridgehead atoms.